The summed E-state index contributed by atoms with van der Waals surface area (Å²) in [7, 11) is 2.71. The molecule has 0 aliphatic heterocycles. The van der Waals surface area contributed by atoms with Crippen molar-refractivity contribution in [1.82, 2.24) is 0 Å². The van der Waals surface area contributed by atoms with Crippen LogP contribution in [-0.4, -0.2) is 26.2 Å². The van der Waals surface area contributed by atoms with E-state index in [-0.39, 0.29) is 11.9 Å². The van der Waals surface area contributed by atoms with Gasteiger partial charge in [-0.05, 0) is 34.7 Å². The van der Waals surface area contributed by atoms with Crippen molar-refractivity contribution in [2.75, 3.05) is 14.2 Å². The Labute approximate surface area is 129 Å². The van der Waals surface area contributed by atoms with Gasteiger partial charge in [-0.2, -0.15) is 0 Å². The van der Waals surface area contributed by atoms with Crippen LogP contribution in [0.25, 0.3) is 10.8 Å². The molecule has 2 aromatic rings. The van der Waals surface area contributed by atoms with E-state index in [1.165, 1.54) is 14.2 Å². The molecule has 0 radical (unpaired) electrons. The lowest BCUT2D eigenvalue weighted by Crippen LogP contribution is -2.34. The van der Waals surface area contributed by atoms with E-state index in [1.54, 1.807) is 0 Å². The van der Waals surface area contributed by atoms with Gasteiger partial charge < -0.3 is 9.47 Å². The maximum Gasteiger partial charge on any atom is 0.314 e. The zero-order chi connectivity index (χ0) is 15.7. The summed E-state index contributed by atoms with van der Waals surface area (Å²) in [5.41, 5.74) is 2.01. The van der Waals surface area contributed by atoms with E-state index >= 15 is 0 Å². The molecule has 0 saturated carbocycles. The van der Waals surface area contributed by atoms with Gasteiger partial charge in [-0.15, -0.1) is 0 Å². The first kappa shape index (κ1) is 14.6. The van der Waals surface area contributed by atoms with E-state index in [4.69, 9.17) is 9.47 Å². The molecule has 4 nitrogen and oxygen atoms in total. The molecular formula is C18H18O4. The fourth-order valence-corrected chi connectivity index (χ4v) is 3.43. The second-order valence-corrected chi connectivity index (χ2v) is 5.52. The highest BCUT2D eigenvalue weighted by Gasteiger charge is 2.40. The number of hydrogen-bond donors (Lipinski definition) is 0. The van der Waals surface area contributed by atoms with Gasteiger partial charge in [0.1, 0.15) is 0 Å². The summed E-state index contributed by atoms with van der Waals surface area (Å²) in [4.78, 5) is 24.3. The zero-order valence-corrected chi connectivity index (χ0v) is 12.7. The molecule has 0 bridgehead atoms. The quantitative estimate of drug-likeness (QED) is 0.800. The van der Waals surface area contributed by atoms with Crippen molar-refractivity contribution in [2.24, 2.45) is 5.92 Å². The molecular weight excluding hydrogens is 280 g/mol. The Hall–Kier alpha value is -2.36. The number of benzene rings is 2. The van der Waals surface area contributed by atoms with Gasteiger partial charge in [-0.1, -0.05) is 36.4 Å². The topological polar surface area (TPSA) is 52.6 Å². The Morgan fingerprint density at radius 1 is 1.00 bits per heavy atom. The lowest BCUT2D eigenvalue weighted by atomic mass is 9.73. The summed E-state index contributed by atoms with van der Waals surface area (Å²) in [6.45, 7) is 0. The van der Waals surface area contributed by atoms with Gasteiger partial charge in [0.15, 0.2) is 0 Å². The van der Waals surface area contributed by atoms with Crippen LogP contribution < -0.4 is 0 Å². The molecule has 0 amide bonds. The Bertz CT molecular complexity index is 735. The van der Waals surface area contributed by atoms with Crippen molar-refractivity contribution in [3.05, 3.63) is 47.5 Å². The van der Waals surface area contributed by atoms with Crippen LogP contribution >= 0.6 is 0 Å². The molecule has 0 N–H and O–H groups in total. The highest BCUT2D eigenvalue weighted by molar-refractivity contribution is 5.92. The molecule has 3 rings (SSSR count). The molecule has 0 saturated heterocycles. The van der Waals surface area contributed by atoms with Crippen molar-refractivity contribution in [2.45, 2.75) is 18.8 Å². The number of hydrogen-bond acceptors (Lipinski definition) is 4. The van der Waals surface area contributed by atoms with Crippen LogP contribution in [-0.2, 0) is 25.5 Å². The first-order valence-electron chi connectivity index (χ1n) is 7.33. The van der Waals surface area contributed by atoms with E-state index in [9.17, 15) is 9.59 Å². The third-order valence-electron chi connectivity index (χ3n) is 4.48. The zero-order valence-electron chi connectivity index (χ0n) is 12.7. The highest BCUT2D eigenvalue weighted by atomic mass is 16.5. The van der Waals surface area contributed by atoms with E-state index in [0.717, 1.165) is 28.3 Å². The van der Waals surface area contributed by atoms with Crippen molar-refractivity contribution in [3.8, 4) is 0 Å². The van der Waals surface area contributed by atoms with Crippen LogP contribution in [0.15, 0.2) is 36.4 Å². The lowest BCUT2D eigenvalue weighted by Gasteiger charge is -2.30. The number of methoxy groups -OCH3 is 2. The maximum atomic E-state index is 12.3. The van der Waals surface area contributed by atoms with Crippen molar-refractivity contribution < 1.29 is 19.1 Å². The van der Waals surface area contributed by atoms with Gasteiger partial charge in [-0.3, -0.25) is 9.59 Å². The molecule has 2 atom stereocenters. The standard InChI is InChI=1S/C18H18O4/c1-21-17(19)15-10-9-13-12-6-4-3-5-11(12)7-8-14(13)16(15)18(20)22-2/h3-8,15-16H,9-10H2,1-2H3/t15-,16+/m1/s1. The number of ether oxygens (including phenoxy) is 2. The third-order valence-corrected chi connectivity index (χ3v) is 4.48. The summed E-state index contributed by atoms with van der Waals surface area (Å²) in [6, 6.07) is 12.0. The maximum absolute atomic E-state index is 12.3. The van der Waals surface area contributed by atoms with E-state index < -0.39 is 11.8 Å². The van der Waals surface area contributed by atoms with Gasteiger partial charge in [0.05, 0.1) is 26.1 Å². The van der Waals surface area contributed by atoms with Crippen molar-refractivity contribution in [3.63, 3.8) is 0 Å². The summed E-state index contributed by atoms with van der Waals surface area (Å²) in [5.74, 6) is -1.81. The second-order valence-electron chi connectivity index (χ2n) is 5.52. The predicted molar refractivity (Wildman–Crippen MR) is 82.5 cm³/mol. The summed E-state index contributed by atoms with van der Waals surface area (Å²) in [5, 5.41) is 2.28. The van der Waals surface area contributed by atoms with Crippen LogP contribution in [0.3, 0.4) is 0 Å². The van der Waals surface area contributed by atoms with Gasteiger partial charge in [0.2, 0.25) is 0 Å². The Kier molecular flexibility index (Phi) is 3.84. The largest absolute Gasteiger partial charge is 0.469 e. The monoisotopic (exact) mass is 298 g/mol. The number of aryl methyl sites for hydroxylation is 1. The lowest BCUT2D eigenvalue weighted by molar-refractivity contribution is -0.154. The van der Waals surface area contributed by atoms with E-state index in [0.29, 0.717) is 6.42 Å². The smallest absolute Gasteiger partial charge is 0.314 e. The molecule has 0 unspecified atom stereocenters. The molecule has 1 aliphatic carbocycles. The molecule has 0 aromatic heterocycles. The second kappa shape index (κ2) is 5.79. The third kappa shape index (κ3) is 2.25. The van der Waals surface area contributed by atoms with Crippen LogP contribution in [0.1, 0.15) is 23.5 Å². The van der Waals surface area contributed by atoms with Crippen LogP contribution in [0.4, 0.5) is 0 Å². The number of esters is 2. The molecule has 114 valence electrons. The van der Waals surface area contributed by atoms with Gasteiger partial charge in [-0.25, -0.2) is 0 Å². The van der Waals surface area contributed by atoms with Crippen LogP contribution in [0.2, 0.25) is 0 Å². The fraction of sp³-hybridized carbons (Fsp3) is 0.333. The van der Waals surface area contributed by atoms with Gasteiger partial charge in [0.25, 0.3) is 0 Å². The average molecular weight is 298 g/mol. The number of carbonyl (C=O) groups excluding carboxylic acids is 2. The molecule has 0 heterocycles. The summed E-state index contributed by atoms with van der Waals surface area (Å²) in [6.07, 6.45) is 1.34. The molecule has 4 heteroatoms. The Morgan fingerprint density at radius 2 is 1.73 bits per heavy atom. The number of fused-ring (bicyclic) bond motifs is 3. The molecule has 2 aromatic carbocycles. The van der Waals surface area contributed by atoms with E-state index in [1.807, 2.05) is 24.3 Å². The molecule has 22 heavy (non-hydrogen) atoms. The summed E-state index contributed by atoms with van der Waals surface area (Å²) < 4.78 is 9.81. The summed E-state index contributed by atoms with van der Waals surface area (Å²) >= 11 is 0. The average Bonchev–Trinajstić information content (AvgIpc) is 2.59. The molecule has 1 aliphatic rings. The Balaban J connectivity index is 2.17. The van der Waals surface area contributed by atoms with Crippen LogP contribution in [0.5, 0.6) is 0 Å². The van der Waals surface area contributed by atoms with E-state index in [2.05, 4.69) is 12.1 Å². The minimum absolute atomic E-state index is 0.353. The first-order valence-corrected chi connectivity index (χ1v) is 7.33. The fourth-order valence-electron chi connectivity index (χ4n) is 3.43. The van der Waals surface area contributed by atoms with Gasteiger partial charge in [0, 0.05) is 0 Å². The Morgan fingerprint density at radius 3 is 2.45 bits per heavy atom. The van der Waals surface area contributed by atoms with Crippen molar-refractivity contribution in [1.29, 1.82) is 0 Å². The predicted octanol–water partition coefficient (Wildman–Crippen LogP) is 2.83. The molecule has 0 spiro atoms. The van der Waals surface area contributed by atoms with Crippen LogP contribution in [0, 0.1) is 5.92 Å². The van der Waals surface area contributed by atoms with Crippen molar-refractivity contribution >= 4 is 22.7 Å². The minimum Gasteiger partial charge on any atom is -0.469 e. The SMILES string of the molecule is COC(=O)[C@@H]1CCc2c(ccc3ccccc23)[C@@H]1C(=O)OC. The first-order chi connectivity index (χ1) is 10.7. The number of carbonyl (C=O) groups is 2. The number of rotatable bonds is 2. The van der Waals surface area contributed by atoms with Gasteiger partial charge >= 0.3 is 11.9 Å². The minimum atomic E-state index is -0.592. The normalized spacial score (nSPS) is 20.3. The highest BCUT2D eigenvalue weighted by Crippen LogP contribution is 2.40. The molecule has 0 fully saturated rings.